The van der Waals surface area contributed by atoms with Crippen LogP contribution in [0.15, 0.2) is 45.8 Å². The molecule has 0 fully saturated rings. The second-order valence-corrected chi connectivity index (χ2v) is 3.69. The maximum atomic E-state index is 11.3. The Hall–Kier alpha value is -1.35. The number of hydrogen-bond donors (Lipinski definition) is 0. The third-order valence-electron chi connectivity index (χ3n) is 1.92. The Morgan fingerprint density at radius 2 is 2.29 bits per heavy atom. The number of fused-ring (bicyclic) bond motifs is 1. The second-order valence-electron chi connectivity index (χ2n) is 2.84. The van der Waals surface area contributed by atoms with Gasteiger partial charge in [0.05, 0.1) is 4.47 Å². The van der Waals surface area contributed by atoms with Gasteiger partial charge >= 0.3 is 0 Å². The van der Waals surface area contributed by atoms with Gasteiger partial charge in [-0.1, -0.05) is 18.7 Å². The molecule has 0 aliphatic carbocycles. The SMILES string of the molecule is C=CC(=O)c1cc2cccc(Br)c2o1. The van der Waals surface area contributed by atoms with Gasteiger partial charge in [-0.25, -0.2) is 0 Å². The molecular formula is C11H7BrO2. The number of carbonyl (C=O) groups excluding carboxylic acids is 1. The van der Waals surface area contributed by atoms with E-state index in [1.165, 1.54) is 6.08 Å². The maximum absolute atomic E-state index is 11.3. The minimum absolute atomic E-state index is 0.201. The molecule has 0 aliphatic heterocycles. The van der Waals surface area contributed by atoms with Gasteiger partial charge in [0.1, 0.15) is 5.58 Å². The first kappa shape index (κ1) is 9.21. The van der Waals surface area contributed by atoms with E-state index in [1.807, 2.05) is 18.2 Å². The molecule has 2 aromatic rings. The van der Waals surface area contributed by atoms with Gasteiger partial charge in [-0.3, -0.25) is 4.79 Å². The van der Waals surface area contributed by atoms with E-state index < -0.39 is 0 Å². The lowest BCUT2D eigenvalue weighted by molar-refractivity contribution is 0.102. The highest BCUT2D eigenvalue weighted by Gasteiger charge is 2.10. The second kappa shape index (κ2) is 3.42. The molecule has 1 aromatic heterocycles. The van der Waals surface area contributed by atoms with Gasteiger partial charge in [0, 0.05) is 5.39 Å². The number of halogens is 1. The molecule has 14 heavy (non-hydrogen) atoms. The molecule has 2 rings (SSSR count). The van der Waals surface area contributed by atoms with Crippen molar-refractivity contribution in [2.75, 3.05) is 0 Å². The smallest absolute Gasteiger partial charge is 0.220 e. The molecule has 0 saturated heterocycles. The van der Waals surface area contributed by atoms with Crippen LogP contribution in [0.3, 0.4) is 0 Å². The van der Waals surface area contributed by atoms with Crippen molar-refractivity contribution < 1.29 is 9.21 Å². The molecule has 3 heteroatoms. The maximum Gasteiger partial charge on any atom is 0.220 e. The Labute approximate surface area is 89.3 Å². The molecule has 0 radical (unpaired) electrons. The summed E-state index contributed by atoms with van der Waals surface area (Å²) in [5.74, 6) is 0.120. The van der Waals surface area contributed by atoms with E-state index in [9.17, 15) is 4.79 Å². The monoisotopic (exact) mass is 250 g/mol. The minimum atomic E-state index is -0.201. The van der Waals surface area contributed by atoms with E-state index >= 15 is 0 Å². The third kappa shape index (κ3) is 1.40. The predicted molar refractivity (Wildman–Crippen MR) is 58.4 cm³/mol. The van der Waals surface area contributed by atoms with E-state index in [-0.39, 0.29) is 5.78 Å². The van der Waals surface area contributed by atoms with Crippen molar-refractivity contribution in [1.29, 1.82) is 0 Å². The summed E-state index contributed by atoms with van der Waals surface area (Å²) in [6.07, 6.45) is 1.24. The first-order chi connectivity index (χ1) is 6.72. The van der Waals surface area contributed by atoms with Crippen LogP contribution in [0.25, 0.3) is 11.0 Å². The molecule has 2 nitrogen and oxygen atoms in total. The fraction of sp³-hybridized carbons (Fsp3) is 0. The fourth-order valence-electron chi connectivity index (χ4n) is 1.25. The standard InChI is InChI=1S/C11H7BrO2/c1-2-9(13)10-6-7-4-3-5-8(12)11(7)14-10/h2-6H,1H2. The van der Waals surface area contributed by atoms with Crippen molar-refractivity contribution in [3.05, 3.63) is 47.2 Å². The molecule has 0 spiro atoms. The van der Waals surface area contributed by atoms with Crippen molar-refractivity contribution >= 4 is 32.7 Å². The minimum Gasteiger partial charge on any atom is -0.451 e. The Balaban J connectivity index is 2.68. The molecular weight excluding hydrogens is 244 g/mol. The molecule has 0 N–H and O–H groups in total. The van der Waals surface area contributed by atoms with Gasteiger partial charge in [0.25, 0.3) is 0 Å². The van der Waals surface area contributed by atoms with Gasteiger partial charge in [-0.15, -0.1) is 0 Å². The summed E-state index contributed by atoms with van der Waals surface area (Å²) in [6.45, 7) is 3.41. The van der Waals surface area contributed by atoms with E-state index in [0.717, 1.165) is 9.86 Å². The van der Waals surface area contributed by atoms with Crippen LogP contribution in [0.4, 0.5) is 0 Å². The predicted octanol–water partition coefficient (Wildman–Crippen LogP) is 3.56. The van der Waals surface area contributed by atoms with Crippen molar-refractivity contribution in [3.8, 4) is 0 Å². The fourth-order valence-corrected chi connectivity index (χ4v) is 1.71. The van der Waals surface area contributed by atoms with Crippen LogP contribution in [-0.2, 0) is 0 Å². The van der Waals surface area contributed by atoms with Crippen LogP contribution in [-0.4, -0.2) is 5.78 Å². The van der Waals surface area contributed by atoms with Crippen LogP contribution < -0.4 is 0 Å². The summed E-state index contributed by atoms with van der Waals surface area (Å²) in [5.41, 5.74) is 0.692. The Bertz CT molecular complexity index is 511. The quantitative estimate of drug-likeness (QED) is 0.603. The number of carbonyl (C=O) groups is 1. The van der Waals surface area contributed by atoms with Crippen molar-refractivity contribution in [2.45, 2.75) is 0 Å². The van der Waals surface area contributed by atoms with Crippen LogP contribution in [0.5, 0.6) is 0 Å². The highest BCUT2D eigenvalue weighted by Crippen LogP contribution is 2.27. The van der Waals surface area contributed by atoms with E-state index in [2.05, 4.69) is 22.5 Å². The number of rotatable bonds is 2. The number of allylic oxidation sites excluding steroid dienone is 1. The Kier molecular flexibility index (Phi) is 2.25. The molecule has 0 saturated carbocycles. The highest BCUT2D eigenvalue weighted by molar-refractivity contribution is 9.10. The number of ketones is 1. The van der Waals surface area contributed by atoms with Crippen LogP contribution >= 0.6 is 15.9 Å². The highest BCUT2D eigenvalue weighted by atomic mass is 79.9. The molecule has 1 heterocycles. The lowest BCUT2D eigenvalue weighted by atomic mass is 10.2. The summed E-state index contributed by atoms with van der Waals surface area (Å²) >= 11 is 3.35. The van der Waals surface area contributed by atoms with Crippen molar-refractivity contribution in [2.24, 2.45) is 0 Å². The van der Waals surface area contributed by atoms with Gasteiger partial charge in [-0.05, 0) is 34.1 Å². The van der Waals surface area contributed by atoms with Crippen molar-refractivity contribution in [3.63, 3.8) is 0 Å². The van der Waals surface area contributed by atoms with Gasteiger partial charge in [0.2, 0.25) is 5.78 Å². The molecule has 0 aliphatic rings. The lowest BCUT2D eigenvalue weighted by Gasteiger charge is -1.89. The number of benzene rings is 1. The van der Waals surface area contributed by atoms with E-state index in [4.69, 9.17) is 4.42 Å². The zero-order valence-electron chi connectivity index (χ0n) is 7.29. The average molecular weight is 251 g/mol. The first-order valence-electron chi connectivity index (χ1n) is 4.07. The normalized spacial score (nSPS) is 10.4. The summed E-state index contributed by atoms with van der Waals surface area (Å²) in [4.78, 5) is 11.3. The number of para-hydroxylation sites is 1. The van der Waals surface area contributed by atoms with Gasteiger partial charge in [0.15, 0.2) is 5.76 Å². The van der Waals surface area contributed by atoms with Crippen LogP contribution in [0.2, 0.25) is 0 Å². The average Bonchev–Trinajstić information content (AvgIpc) is 2.62. The number of hydrogen-bond acceptors (Lipinski definition) is 2. The zero-order chi connectivity index (χ0) is 10.1. The van der Waals surface area contributed by atoms with Gasteiger partial charge in [-0.2, -0.15) is 0 Å². The van der Waals surface area contributed by atoms with Crippen LogP contribution in [0, 0.1) is 0 Å². The molecule has 0 amide bonds. The summed E-state index contributed by atoms with van der Waals surface area (Å²) in [7, 11) is 0. The Morgan fingerprint density at radius 3 is 2.93 bits per heavy atom. The molecule has 1 aromatic carbocycles. The molecule has 0 unspecified atom stereocenters. The molecule has 0 atom stereocenters. The van der Waals surface area contributed by atoms with Crippen LogP contribution in [0.1, 0.15) is 10.6 Å². The first-order valence-corrected chi connectivity index (χ1v) is 4.86. The van der Waals surface area contributed by atoms with E-state index in [0.29, 0.717) is 11.3 Å². The summed E-state index contributed by atoms with van der Waals surface area (Å²) in [6, 6.07) is 7.37. The van der Waals surface area contributed by atoms with Crippen molar-refractivity contribution in [1.82, 2.24) is 0 Å². The summed E-state index contributed by atoms with van der Waals surface area (Å²) < 4.78 is 6.23. The molecule has 0 bridgehead atoms. The Morgan fingerprint density at radius 1 is 1.50 bits per heavy atom. The lowest BCUT2D eigenvalue weighted by Crippen LogP contribution is -1.88. The van der Waals surface area contributed by atoms with E-state index in [1.54, 1.807) is 6.07 Å². The largest absolute Gasteiger partial charge is 0.451 e. The van der Waals surface area contributed by atoms with Gasteiger partial charge < -0.3 is 4.42 Å². The number of furan rings is 1. The molecule has 70 valence electrons. The summed E-state index contributed by atoms with van der Waals surface area (Å²) in [5, 5.41) is 0.907. The topological polar surface area (TPSA) is 30.2 Å². The zero-order valence-corrected chi connectivity index (χ0v) is 8.87. The third-order valence-corrected chi connectivity index (χ3v) is 2.55.